The number of hydrogen-bond donors (Lipinski definition) is 1. The molecule has 4 rings (SSSR count). The topological polar surface area (TPSA) is 41.6 Å². The van der Waals surface area contributed by atoms with Gasteiger partial charge in [0.1, 0.15) is 12.4 Å². The van der Waals surface area contributed by atoms with Crippen LogP contribution in [0.4, 0.5) is 5.69 Å². The van der Waals surface area contributed by atoms with Crippen LogP contribution in [0.15, 0.2) is 78.9 Å². The lowest BCUT2D eigenvalue weighted by molar-refractivity contribution is 0.0947. The quantitative estimate of drug-likeness (QED) is 0.677. The molecule has 27 heavy (non-hydrogen) atoms. The first-order chi connectivity index (χ1) is 13.3. The Morgan fingerprint density at radius 2 is 1.48 bits per heavy atom. The Hall–Kier alpha value is -3.27. The summed E-state index contributed by atoms with van der Waals surface area (Å²) in [6, 6.07) is 25.9. The lowest BCUT2D eigenvalue weighted by Crippen LogP contribution is -2.28. The van der Waals surface area contributed by atoms with Gasteiger partial charge in [0.15, 0.2) is 0 Å². The largest absolute Gasteiger partial charge is 0.492 e. The molecule has 136 valence electrons. The van der Waals surface area contributed by atoms with Crippen LogP contribution in [0.2, 0.25) is 0 Å². The molecule has 3 aromatic carbocycles. The van der Waals surface area contributed by atoms with Crippen LogP contribution < -0.4 is 15.0 Å². The Kier molecular flexibility index (Phi) is 5.06. The maximum Gasteiger partial charge on any atom is 0.251 e. The van der Waals surface area contributed by atoms with Gasteiger partial charge in [-0.3, -0.25) is 4.79 Å². The van der Waals surface area contributed by atoms with Gasteiger partial charge in [-0.25, -0.2) is 0 Å². The first-order valence-corrected chi connectivity index (χ1v) is 9.17. The van der Waals surface area contributed by atoms with E-state index in [9.17, 15) is 4.79 Å². The molecule has 0 unspecified atom stereocenters. The number of benzene rings is 3. The molecule has 0 bridgehead atoms. The summed E-state index contributed by atoms with van der Waals surface area (Å²) in [5.74, 6) is 0.727. The number of anilines is 1. The van der Waals surface area contributed by atoms with E-state index >= 15 is 0 Å². The number of carbonyl (C=O) groups excluding carboxylic acids is 1. The van der Waals surface area contributed by atoms with Crippen molar-refractivity contribution < 1.29 is 9.53 Å². The molecule has 1 aliphatic heterocycles. The van der Waals surface area contributed by atoms with Gasteiger partial charge in [-0.05, 0) is 47.5 Å². The summed E-state index contributed by atoms with van der Waals surface area (Å²) in [7, 11) is 0. The summed E-state index contributed by atoms with van der Waals surface area (Å²) >= 11 is 0. The highest BCUT2D eigenvalue weighted by molar-refractivity contribution is 5.94. The summed E-state index contributed by atoms with van der Waals surface area (Å²) in [6.45, 7) is 2.74. The van der Waals surface area contributed by atoms with E-state index in [-0.39, 0.29) is 5.91 Å². The molecule has 4 nitrogen and oxygen atoms in total. The molecule has 4 heteroatoms. The number of fused-ring (bicyclic) bond motifs is 1. The van der Waals surface area contributed by atoms with Gasteiger partial charge in [-0.2, -0.15) is 0 Å². The lowest BCUT2D eigenvalue weighted by Gasteiger charge is -2.18. The number of carbonyl (C=O) groups is 1. The van der Waals surface area contributed by atoms with Gasteiger partial charge in [0, 0.05) is 24.3 Å². The standard InChI is InChI=1S/C23H22N2O2/c26-23(24-14-15-27-22-8-2-1-3-9-22)18-10-12-21(13-11-18)25-16-19-6-4-5-7-20(19)17-25/h1-13H,14-17H2,(H,24,26). The molecular formula is C23H22N2O2. The number of para-hydroxylation sites is 1. The number of hydrogen-bond acceptors (Lipinski definition) is 3. The maximum absolute atomic E-state index is 12.3. The van der Waals surface area contributed by atoms with Gasteiger partial charge in [0.25, 0.3) is 5.91 Å². The minimum atomic E-state index is -0.0806. The van der Waals surface area contributed by atoms with Gasteiger partial charge in [-0.1, -0.05) is 42.5 Å². The van der Waals surface area contributed by atoms with Gasteiger partial charge in [0.2, 0.25) is 0 Å². The van der Waals surface area contributed by atoms with Crippen molar-refractivity contribution in [1.29, 1.82) is 0 Å². The fourth-order valence-corrected chi connectivity index (χ4v) is 3.29. The minimum Gasteiger partial charge on any atom is -0.492 e. The Morgan fingerprint density at radius 3 is 2.15 bits per heavy atom. The molecule has 1 amide bonds. The number of amides is 1. The van der Waals surface area contributed by atoms with E-state index in [1.54, 1.807) is 0 Å². The molecule has 0 radical (unpaired) electrons. The third kappa shape index (κ3) is 4.11. The highest BCUT2D eigenvalue weighted by atomic mass is 16.5. The molecule has 1 aliphatic rings. The molecule has 3 aromatic rings. The second-order valence-electron chi connectivity index (χ2n) is 6.59. The average Bonchev–Trinajstić information content (AvgIpc) is 3.16. The molecule has 0 aliphatic carbocycles. The van der Waals surface area contributed by atoms with E-state index in [0.29, 0.717) is 18.7 Å². The zero-order valence-electron chi connectivity index (χ0n) is 15.1. The first kappa shape index (κ1) is 17.2. The van der Waals surface area contributed by atoms with Crippen LogP contribution in [0.1, 0.15) is 21.5 Å². The number of nitrogens with zero attached hydrogens (tertiary/aromatic N) is 1. The molecule has 0 fully saturated rings. The summed E-state index contributed by atoms with van der Waals surface area (Å²) in [6.07, 6.45) is 0. The third-order valence-corrected chi connectivity index (χ3v) is 4.73. The molecule has 0 spiro atoms. The highest BCUT2D eigenvalue weighted by Gasteiger charge is 2.18. The van der Waals surface area contributed by atoms with Crippen LogP contribution >= 0.6 is 0 Å². The lowest BCUT2D eigenvalue weighted by atomic mass is 10.1. The Labute approximate surface area is 159 Å². The molecule has 0 saturated carbocycles. The van der Waals surface area contributed by atoms with Gasteiger partial charge in [0.05, 0.1) is 6.54 Å². The van der Waals surface area contributed by atoms with Gasteiger partial charge >= 0.3 is 0 Å². The van der Waals surface area contributed by atoms with Crippen LogP contribution in [-0.2, 0) is 13.1 Å². The Morgan fingerprint density at radius 1 is 0.852 bits per heavy atom. The van der Waals surface area contributed by atoms with Crippen molar-refractivity contribution in [2.45, 2.75) is 13.1 Å². The SMILES string of the molecule is O=C(NCCOc1ccccc1)c1ccc(N2Cc3ccccc3C2)cc1. The van der Waals surface area contributed by atoms with Gasteiger partial charge < -0.3 is 15.0 Å². The van der Waals surface area contributed by atoms with Crippen molar-refractivity contribution in [3.05, 3.63) is 95.6 Å². The van der Waals surface area contributed by atoms with Crippen molar-refractivity contribution in [2.75, 3.05) is 18.1 Å². The fraction of sp³-hybridized carbons (Fsp3) is 0.174. The summed E-state index contributed by atoms with van der Waals surface area (Å²) in [5.41, 5.74) is 4.54. The van der Waals surface area contributed by atoms with Crippen LogP contribution in [-0.4, -0.2) is 19.1 Å². The van der Waals surface area contributed by atoms with Crippen LogP contribution in [0.3, 0.4) is 0 Å². The second-order valence-corrected chi connectivity index (χ2v) is 6.59. The van der Waals surface area contributed by atoms with Crippen molar-refractivity contribution in [3.63, 3.8) is 0 Å². The highest BCUT2D eigenvalue weighted by Crippen LogP contribution is 2.28. The molecule has 0 aromatic heterocycles. The molecule has 1 heterocycles. The number of nitrogens with one attached hydrogen (secondary N) is 1. The normalized spacial score (nSPS) is 12.5. The molecule has 0 atom stereocenters. The van der Waals surface area contributed by atoms with Crippen LogP contribution in [0.5, 0.6) is 5.75 Å². The van der Waals surface area contributed by atoms with E-state index in [1.807, 2.05) is 54.6 Å². The average molecular weight is 358 g/mol. The van der Waals surface area contributed by atoms with E-state index in [0.717, 1.165) is 24.5 Å². The maximum atomic E-state index is 12.3. The zero-order chi connectivity index (χ0) is 18.5. The smallest absolute Gasteiger partial charge is 0.251 e. The van der Waals surface area contributed by atoms with E-state index < -0.39 is 0 Å². The fourth-order valence-electron chi connectivity index (χ4n) is 3.29. The Balaban J connectivity index is 1.28. The predicted octanol–water partition coefficient (Wildman–Crippen LogP) is 4.02. The van der Waals surface area contributed by atoms with Crippen molar-refractivity contribution in [3.8, 4) is 5.75 Å². The molecular weight excluding hydrogens is 336 g/mol. The van der Waals surface area contributed by atoms with E-state index in [1.165, 1.54) is 11.1 Å². The monoisotopic (exact) mass is 358 g/mol. The summed E-state index contributed by atoms with van der Waals surface area (Å²) in [4.78, 5) is 14.6. The van der Waals surface area contributed by atoms with Crippen LogP contribution in [0, 0.1) is 0 Å². The number of ether oxygens (including phenoxy) is 1. The van der Waals surface area contributed by atoms with Crippen molar-refractivity contribution >= 4 is 11.6 Å². The number of rotatable bonds is 6. The second kappa shape index (κ2) is 7.96. The first-order valence-electron chi connectivity index (χ1n) is 9.17. The zero-order valence-corrected chi connectivity index (χ0v) is 15.1. The van der Waals surface area contributed by atoms with E-state index in [2.05, 4.69) is 34.5 Å². The molecule has 0 saturated heterocycles. The Bertz CT molecular complexity index is 882. The summed E-state index contributed by atoms with van der Waals surface area (Å²) in [5, 5.41) is 2.89. The van der Waals surface area contributed by atoms with Gasteiger partial charge in [-0.15, -0.1) is 0 Å². The molecule has 1 N–H and O–H groups in total. The van der Waals surface area contributed by atoms with Crippen molar-refractivity contribution in [2.24, 2.45) is 0 Å². The minimum absolute atomic E-state index is 0.0806. The van der Waals surface area contributed by atoms with Crippen molar-refractivity contribution in [1.82, 2.24) is 5.32 Å². The third-order valence-electron chi connectivity index (χ3n) is 4.73. The predicted molar refractivity (Wildman–Crippen MR) is 107 cm³/mol. The van der Waals surface area contributed by atoms with Crippen LogP contribution in [0.25, 0.3) is 0 Å². The summed E-state index contributed by atoms with van der Waals surface area (Å²) < 4.78 is 5.59. The van der Waals surface area contributed by atoms with E-state index in [4.69, 9.17) is 4.74 Å².